The smallest absolute Gasteiger partial charge is 0.416 e. The standard InChI is InChI=1S/C11H6ClF3N2O2/c12-7-3-6(11(13,14)15)1-2-9(7)17-4-8(10(18)19)16-5-17/h1-5H,(H,18,19). The Morgan fingerprint density at radius 3 is 2.53 bits per heavy atom. The third kappa shape index (κ3) is 2.70. The lowest BCUT2D eigenvalue weighted by Crippen LogP contribution is -2.05. The molecule has 0 unspecified atom stereocenters. The van der Waals surface area contributed by atoms with Gasteiger partial charge in [0.25, 0.3) is 0 Å². The average Bonchev–Trinajstić information content (AvgIpc) is 2.76. The lowest BCUT2D eigenvalue weighted by atomic mass is 10.2. The summed E-state index contributed by atoms with van der Waals surface area (Å²) >= 11 is 5.76. The summed E-state index contributed by atoms with van der Waals surface area (Å²) < 4.78 is 38.6. The molecule has 0 bridgehead atoms. The second kappa shape index (κ2) is 4.58. The first kappa shape index (κ1) is 13.4. The quantitative estimate of drug-likeness (QED) is 0.924. The Bertz CT molecular complexity index is 637. The second-order valence-corrected chi connectivity index (χ2v) is 4.04. The van der Waals surface area contributed by atoms with Crippen molar-refractivity contribution in [1.29, 1.82) is 0 Å². The summed E-state index contributed by atoms with van der Waals surface area (Å²) in [6, 6.07) is 2.79. The van der Waals surface area contributed by atoms with Gasteiger partial charge in [0.15, 0.2) is 5.69 Å². The van der Waals surface area contributed by atoms with Gasteiger partial charge in [0.05, 0.1) is 16.3 Å². The normalized spacial score (nSPS) is 11.6. The minimum atomic E-state index is -4.48. The van der Waals surface area contributed by atoms with Gasteiger partial charge in [-0.2, -0.15) is 13.2 Å². The van der Waals surface area contributed by atoms with E-state index in [1.165, 1.54) is 4.57 Å². The number of halogens is 4. The summed E-state index contributed by atoms with van der Waals surface area (Å²) in [5.74, 6) is -1.23. The number of alkyl halides is 3. The van der Waals surface area contributed by atoms with Crippen molar-refractivity contribution in [1.82, 2.24) is 9.55 Å². The molecule has 0 aliphatic heterocycles. The van der Waals surface area contributed by atoms with Crippen molar-refractivity contribution in [2.75, 3.05) is 0 Å². The summed E-state index contributed by atoms with van der Waals surface area (Å²) in [4.78, 5) is 14.2. The Morgan fingerprint density at radius 1 is 1.37 bits per heavy atom. The van der Waals surface area contributed by atoms with Crippen LogP contribution in [0.4, 0.5) is 13.2 Å². The maximum atomic E-state index is 12.5. The molecule has 2 rings (SSSR count). The Balaban J connectivity index is 2.43. The topological polar surface area (TPSA) is 55.1 Å². The molecule has 0 atom stereocenters. The van der Waals surface area contributed by atoms with Gasteiger partial charge in [-0.1, -0.05) is 11.6 Å². The lowest BCUT2D eigenvalue weighted by Gasteiger charge is -2.10. The molecule has 0 fully saturated rings. The molecule has 2 aromatic rings. The van der Waals surface area contributed by atoms with E-state index in [4.69, 9.17) is 16.7 Å². The monoisotopic (exact) mass is 290 g/mol. The average molecular weight is 291 g/mol. The fourth-order valence-electron chi connectivity index (χ4n) is 1.46. The number of aromatic nitrogens is 2. The molecular weight excluding hydrogens is 285 g/mol. The molecule has 0 aliphatic carbocycles. The second-order valence-electron chi connectivity index (χ2n) is 3.64. The summed E-state index contributed by atoms with van der Waals surface area (Å²) in [6.07, 6.45) is -2.15. The number of aromatic carboxylic acids is 1. The van der Waals surface area contributed by atoms with Crippen molar-refractivity contribution < 1.29 is 23.1 Å². The van der Waals surface area contributed by atoms with Crippen molar-refractivity contribution in [2.45, 2.75) is 6.18 Å². The van der Waals surface area contributed by atoms with E-state index < -0.39 is 17.7 Å². The maximum absolute atomic E-state index is 12.5. The third-order valence-electron chi connectivity index (χ3n) is 2.35. The molecule has 0 spiro atoms. The highest BCUT2D eigenvalue weighted by Crippen LogP contribution is 2.33. The van der Waals surface area contributed by atoms with Crippen molar-refractivity contribution in [3.05, 3.63) is 47.0 Å². The van der Waals surface area contributed by atoms with E-state index in [0.717, 1.165) is 30.7 Å². The molecule has 19 heavy (non-hydrogen) atoms. The number of rotatable bonds is 2. The number of imidazole rings is 1. The molecule has 0 saturated heterocycles. The summed E-state index contributed by atoms with van der Waals surface area (Å²) in [7, 11) is 0. The van der Waals surface area contributed by atoms with E-state index in [1.54, 1.807) is 0 Å². The molecule has 8 heteroatoms. The van der Waals surface area contributed by atoms with Crippen LogP contribution in [0.5, 0.6) is 0 Å². The minimum absolute atomic E-state index is 0.149. The summed E-state index contributed by atoms with van der Waals surface area (Å²) in [5, 5.41) is 8.56. The first-order valence-corrected chi connectivity index (χ1v) is 5.31. The lowest BCUT2D eigenvalue weighted by molar-refractivity contribution is -0.137. The molecule has 1 N–H and O–H groups in total. The van der Waals surface area contributed by atoms with Crippen LogP contribution in [0.25, 0.3) is 5.69 Å². The van der Waals surface area contributed by atoms with Gasteiger partial charge < -0.3 is 9.67 Å². The van der Waals surface area contributed by atoms with E-state index in [-0.39, 0.29) is 16.4 Å². The highest BCUT2D eigenvalue weighted by atomic mass is 35.5. The molecular formula is C11H6ClF3N2O2. The van der Waals surface area contributed by atoms with Gasteiger partial charge in [-0.05, 0) is 18.2 Å². The van der Waals surface area contributed by atoms with Gasteiger partial charge in [-0.15, -0.1) is 0 Å². The van der Waals surface area contributed by atoms with Crippen molar-refractivity contribution >= 4 is 17.6 Å². The first-order chi connectivity index (χ1) is 8.79. The van der Waals surface area contributed by atoms with Crippen LogP contribution in [0.1, 0.15) is 16.1 Å². The number of nitrogens with zero attached hydrogens (tertiary/aromatic N) is 2. The molecule has 0 saturated carbocycles. The predicted molar refractivity (Wildman–Crippen MR) is 60.5 cm³/mol. The predicted octanol–water partition coefficient (Wildman–Crippen LogP) is 3.24. The zero-order valence-electron chi connectivity index (χ0n) is 9.15. The van der Waals surface area contributed by atoms with Gasteiger partial charge in [0, 0.05) is 6.20 Å². The molecule has 1 aromatic carbocycles. The van der Waals surface area contributed by atoms with Crippen molar-refractivity contribution in [3.63, 3.8) is 0 Å². The van der Waals surface area contributed by atoms with Crippen LogP contribution >= 0.6 is 11.6 Å². The van der Waals surface area contributed by atoms with Crippen molar-refractivity contribution in [2.24, 2.45) is 0 Å². The van der Waals surface area contributed by atoms with E-state index in [0.29, 0.717) is 0 Å². The van der Waals surface area contributed by atoms with Gasteiger partial charge in [0.2, 0.25) is 0 Å². The summed E-state index contributed by atoms with van der Waals surface area (Å²) in [5.41, 5.74) is -0.884. The van der Waals surface area contributed by atoms with E-state index in [9.17, 15) is 18.0 Å². The number of hydrogen-bond acceptors (Lipinski definition) is 2. The molecule has 4 nitrogen and oxygen atoms in total. The molecule has 1 heterocycles. The highest BCUT2D eigenvalue weighted by molar-refractivity contribution is 6.32. The van der Waals surface area contributed by atoms with Gasteiger partial charge in [0.1, 0.15) is 6.33 Å². The Hall–Kier alpha value is -2.02. The number of carboxylic acid groups (broad SMARTS) is 1. The summed E-state index contributed by atoms with van der Waals surface area (Å²) in [6.45, 7) is 0. The van der Waals surface area contributed by atoms with Crippen LogP contribution < -0.4 is 0 Å². The van der Waals surface area contributed by atoms with Gasteiger partial charge in [-0.25, -0.2) is 9.78 Å². The highest BCUT2D eigenvalue weighted by Gasteiger charge is 2.31. The zero-order valence-corrected chi connectivity index (χ0v) is 9.90. The molecule has 100 valence electrons. The van der Waals surface area contributed by atoms with E-state index in [2.05, 4.69) is 4.98 Å². The van der Waals surface area contributed by atoms with Crippen LogP contribution in [0.2, 0.25) is 5.02 Å². The third-order valence-corrected chi connectivity index (χ3v) is 2.66. The first-order valence-electron chi connectivity index (χ1n) is 4.93. The Morgan fingerprint density at radius 2 is 2.05 bits per heavy atom. The van der Waals surface area contributed by atoms with Crippen LogP contribution in [-0.2, 0) is 6.18 Å². The number of carbonyl (C=O) groups is 1. The minimum Gasteiger partial charge on any atom is -0.476 e. The molecule has 1 aromatic heterocycles. The molecule has 0 radical (unpaired) electrons. The molecule has 0 aliphatic rings. The largest absolute Gasteiger partial charge is 0.476 e. The van der Waals surface area contributed by atoms with E-state index >= 15 is 0 Å². The van der Waals surface area contributed by atoms with Crippen LogP contribution in [0.15, 0.2) is 30.7 Å². The number of carboxylic acids is 1. The maximum Gasteiger partial charge on any atom is 0.416 e. The van der Waals surface area contributed by atoms with E-state index in [1.807, 2.05) is 0 Å². The SMILES string of the molecule is O=C(O)c1cn(-c2ccc(C(F)(F)F)cc2Cl)cn1. The number of benzene rings is 1. The van der Waals surface area contributed by atoms with Crippen LogP contribution in [0, 0.1) is 0 Å². The zero-order chi connectivity index (χ0) is 14.2. The van der Waals surface area contributed by atoms with Crippen molar-refractivity contribution in [3.8, 4) is 5.69 Å². The fourth-order valence-corrected chi connectivity index (χ4v) is 1.74. The van der Waals surface area contributed by atoms with Crippen LogP contribution in [0.3, 0.4) is 0 Å². The Labute approximate surface area is 110 Å². The fraction of sp³-hybridized carbons (Fsp3) is 0.0909. The Kier molecular flexibility index (Phi) is 3.23. The van der Waals surface area contributed by atoms with Gasteiger partial charge >= 0.3 is 12.1 Å². The number of hydrogen-bond donors (Lipinski definition) is 1. The van der Waals surface area contributed by atoms with Crippen LogP contribution in [-0.4, -0.2) is 20.6 Å². The molecule has 0 amide bonds. The van der Waals surface area contributed by atoms with Gasteiger partial charge in [-0.3, -0.25) is 0 Å².